The minimum Gasteiger partial charge on any atom is -0.361 e. The molecule has 2 fully saturated rings. The third kappa shape index (κ3) is 1.99. The predicted octanol–water partition coefficient (Wildman–Crippen LogP) is 1.84. The summed E-state index contributed by atoms with van der Waals surface area (Å²) in [4.78, 5) is 16.5. The van der Waals surface area contributed by atoms with Crippen LogP contribution in [0.15, 0.2) is 12.1 Å². The molecule has 1 saturated heterocycles. The molecule has 0 radical (unpaired) electrons. The van der Waals surface area contributed by atoms with Crippen LogP contribution < -0.4 is 4.90 Å². The minimum atomic E-state index is 0.833. The van der Waals surface area contributed by atoms with Crippen LogP contribution >= 0.6 is 11.3 Å². The van der Waals surface area contributed by atoms with Crippen LogP contribution in [0.4, 0.5) is 5.00 Å². The number of carbonyl (C=O) groups is 1. The van der Waals surface area contributed by atoms with Crippen LogP contribution in [-0.2, 0) is 0 Å². The van der Waals surface area contributed by atoms with Gasteiger partial charge in [-0.3, -0.25) is 9.69 Å². The highest BCUT2D eigenvalue weighted by Crippen LogP contribution is 2.30. The Bertz CT molecular complexity index is 378. The summed E-state index contributed by atoms with van der Waals surface area (Å²) >= 11 is 1.60. The van der Waals surface area contributed by atoms with Gasteiger partial charge in [0, 0.05) is 32.2 Å². The SMILES string of the molecule is O=Cc1ccc(N2CCN(C3CC3)CC2)s1. The summed E-state index contributed by atoms with van der Waals surface area (Å²) in [5, 5.41) is 1.25. The fraction of sp³-hybridized carbons (Fsp3) is 0.583. The topological polar surface area (TPSA) is 23.6 Å². The van der Waals surface area contributed by atoms with Crippen LogP contribution in [-0.4, -0.2) is 43.4 Å². The molecule has 0 atom stereocenters. The van der Waals surface area contributed by atoms with E-state index in [0.717, 1.165) is 30.3 Å². The number of nitrogens with zero attached hydrogens (tertiary/aromatic N) is 2. The first-order chi connectivity index (χ1) is 7.86. The van der Waals surface area contributed by atoms with Crippen LogP contribution in [0.1, 0.15) is 22.5 Å². The monoisotopic (exact) mass is 236 g/mol. The summed E-state index contributed by atoms with van der Waals surface area (Å²) in [5.41, 5.74) is 0. The predicted molar refractivity (Wildman–Crippen MR) is 66.5 cm³/mol. The zero-order valence-corrected chi connectivity index (χ0v) is 10.1. The molecule has 1 aliphatic carbocycles. The molecule has 1 aromatic rings. The number of anilines is 1. The standard InChI is InChI=1S/C12H16N2OS/c15-9-11-3-4-12(16-11)14-7-5-13(6-8-14)10-1-2-10/h3-4,9-10H,1-2,5-8H2. The van der Waals surface area contributed by atoms with E-state index in [-0.39, 0.29) is 0 Å². The molecule has 86 valence electrons. The first-order valence-corrected chi connectivity index (χ1v) is 6.72. The van der Waals surface area contributed by atoms with Gasteiger partial charge in [0.2, 0.25) is 0 Å². The average Bonchev–Trinajstić information content (AvgIpc) is 3.07. The number of carbonyl (C=O) groups excluding carboxylic acids is 1. The van der Waals surface area contributed by atoms with Gasteiger partial charge >= 0.3 is 0 Å². The summed E-state index contributed by atoms with van der Waals surface area (Å²) in [6.07, 6.45) is 3.73. The van der Waals surface area contributed by atoms with Crippen molar-refractivity contribution in [3.05, 3.63) is 17.0 Å². The largest absolute Gasteiger partial charge is 0.361 e. The third-order valence-corrected chi connectivity index (χ3v) is 4.49. The molecule has 0 spiro atoms. The molecular weight excluding hydrogens is 220 g/mol. The zero-order valence-electron chi connectivity index (χ0n) is 9.26. The van der Waals surface area contributed by atoms with E-state index in [1.165, 1.54) is 30.9 Å². The van der Waals surface area contributed by atoms with E-state index in [4.69, 9.17) is 0 Å². The molecular formula is C12H16N2OS. The maximum Gasteiger partial charge on any atom is 0.160 e. The fourth-order valence-electron chi connectivity index (χ4n) is 2.32. The summed E-state index contributed by atoms with van der Waals surface area (Å²) in [5.74, 6) is 0. The molecule has 0 bridgehead atoms. The number of rotatable bonds is 3. The van der Waals surface area contributed by atoms with Crippen molar-refractivity contribution in [3.63, 3.8) is 0 Å². The van der Waals surface area contributed by atoms with Gasteiger partial charge in [0.05, 0.1) is 9.88 Å². The molecule has 1 saturated carbocycles. The highest BCUT2D eigenvalue weighted by Gasteiger charge is 2.31. The maximum absolute atomic E-state index is 10.6. The molecule has 3 rings (SSSR count). The van der Waals surface area contributed by atoms with Gasteiger partial charge in [0.25, 0.3) is 0 Å². The Balaban J connectivity index is 1.61. The number of aldehydes is 1. The lowest BCUT2D eigenvalue weighted by Gasteiger charge is -2.35. The Morgan fingerprint density at radius 2 is 1.94 bits per heavy atom. The van der Waals surface area contributed by atoms with Crippen molar-refractivity contribution in [2.75, 3.05) is 31.1 Å². The Morgan fingerprint density at radius 1 is 1.19 bits per heavy atom. The van der Waals surface area contributed by atoms with Crippen molar-refractivity contribution in [1.29, 1.82) is 0 Å². The fourth-order valence-corrected chi connectivity index (χ4v) is 3.20. The lowest BCUT2D eigenvalue weighted by Crippen LogP contribution is -2.46. The molecule has 0 aromatic carbocycles. The van der Waals surface area contributed by atoms with Gasteiger partial charge in [0.15, 0.2) is 6.29 Å². The quantitative estimate of drug-likeness (QED) is 0.748. The summed E-state index contributed by atoms with van der Waals surface area (Å²) in [6, 6.07) is 4.87. The van der Waals surface area contributed by atoms with E-state index in [0.29, 0.717) is 0 Å². The van der Waals surface area contributed by atoms with Crippen LogP contribution in [0.2, 0.25) is 0 Å². The molecule has 0 amide bonds. The molecule has 1 aliphatic heterocycles. The zero-order chi connectivity index (χ0) is 11.0. The lowest BCUT2D eigenvalue weighted by atomic mass is 10.3. The van der Waals surface area contributed by atoms with E-state index < -0.39 is 0 Å². The summed E-state index contributed by atoms with van der Waals surface area (Å²) in [7, 11) is 0. The Labute approximate surface area is 99.7 Å². The number of hydrogen-bond acceptors (Lipinski definition) is 4. The van der Waals surface area contributed by atoms with Crippen LogP contribution in [0.5, 0.6) is 0 Å². The van der Waals surface area contributed by atoms with E-state index >= 15 is 0 Å². The van der Waals surface area contributed by atoms with Crippen molar-refractivity contribution >= 4 is 22.6 Å². The normalized spacial score (nSPS) is 22.4. The highest BCUT2D eigenvalue weighted by molar-refractivity contribution is 7.17. The Hall–Kier alpha value is -0.870. The number of hydrogen-bond donors (Lipinski definition) is 0. The van der Waals surface area contributed by atoms with Gasteiger partial charge < -0.3 is 4.90 Å². The maximum atomic E-state index is 10.6. The smallest absolute Gasteiger partial charge is 0.160 e. The first kappa shape index (κ1) is 10.3. The van der Waals surface area contributed by atoms with Gasteiger partial charge in [-0.05, 0) is 25.0 Å². The second kappa shape index (κ2) is 4.18. The van der Waals surface area contributed by atoms with Crippen LogP contribution in [0.3, 0.4) is 0 Å². The molecule has 0 unspecified atom stereocenters. The Morgan fingerprint density at radius 3 is 2.50 bits per heavy atom. The average molecular weight is 236 g/mol. The van der Waals surface area contributed by atoms with Crippen molar-refractivity contribution in [3.8, 4) is 0 Å². The van der Waals surface area contributed by atoms with Gasteiger partial charge in [-0.1, -0.05) is 0 Å². The second-order valence-corrected chi connectivity index (χ2v) is 5.64. The van der Waals surface area contributed by atoms with Crippen molar-refractivity contribution in [2.24, 2.45) is 0 Å². The molecule has 0 N–H and O–H groups in total. The highest BCUT2D eigenvalue weighted by atomic mass is 32.1. The Kier molecular flexibility index (Phi) is 2.69. The summed E-state index contributed by atoms with van der Waals surface area (Å²) < 4.78 is 0. The lowest BCUT2D eigenvalue weighted by molar-refractivity contribution is 0.112. The van der Waals surface area contributed by atoms with Gasteiger partial charge in [-0.2, -0.15) is 0 Å². The molecule has 4 heteroatoms. The van der Waals surface area contributed by atoms with E-state index in [2.05, 4.69) is 15.9 Å². The summed E-state index contributed by atoms with van der Waals surface area (Å²) in [6.45, 7) is 4.57. The second-order valence-electron chi connectivity index (χ2n) is 4.55. The molecule has 2 heterocycles. The van der Waals surface area contributed by atoms with Crippen molar-refractivity contribution in [1.82, 2.24) is 4.90 Å². The molecule has 3 nitrogen and oxygen atoms in total. The van der Waals surface area contributed by atoms with Crippen LogP contribution in [0, 0.1) is 0 Å². The third-order valence-electron chi connectivity index (χ3n) is 3.42. The van der Waals surface area contributed by atoms with Crippen molar-refractivity contribution in [2.45, 2.75) is 18.9 Å². The van der Waals surface area contributed by atoms with E-state index in [9.17, 15) is 4.79 Å². The van der Waals surface area contributed by atoms with E-state index in [1.807, 2.05) is 6.07 Å². The van der Waals surface area contributed by atoms with Gasteiger partial charge in [-0.25, -0.2) is 0 Å². The van der Waals surface area contributed by atoms with Gasteiger partial charge in [0.1, 0.15) is 0 Å². The van der Waals surface area contributed by atoms with Crippen LogP contribution in [0.25, 0.3) is 0 Å². The molecule has 2 aliphatic rings. The first-order valence-electron chi connectivity index (χ1n) is 5.91. The molecule has 16 heavy (non-hydrogen) atoms. The van der Waals surface area contributed by atoms with Crippen molar-refractivity contribution < 1.29 is 4.79 Å². The number of piperazine rings is 1. The van der Waals surface area contributed by atoms with E-state index in [1.54, 1.807) is 11.3 Å². The molecule has 1 aromatic heterocycles. The number of thiophene rings is 1. The minimum absolute atomic E-state index is 0.833. The van der Waals surface area contributed by atoms with Gasteiger partial charge in [-0.15, -0.1) is 11.3 Å².